The molecule has 0 amide bonds. The Labute approximate surface area is 190 Å². The van der Waals surface area contributed by atoms with Crippen LogP contribution in [0.1, 0.15) is 44.6 Å². The van der Waals surface area contributed by atoms with Gasteiger partial charge < -0.3 is 5.11 Å². The third-order valence-electron chi connectivity index (χ3n) is 5.67. The molecule has 2 aromatic carbocycles. The number of thiocarbonyl (C=S) groups is 1. The summed E-state index contributed by atoms with van der Waals surface area (Å²) in [5, 5.41) is 9.64. The van der Waals surface area contributed by atoms with Gasteiger partial charge in [0.2, 0.25) is 0 Å². The van der Waals surface area contributed by atoms with Crippen molar-refractivity contribution in [2.45, 2.75) is 44.6 Å². The van der Waals surface area contributed by atoms with Gasteiger partial charge in [-0.3, -0.25) is 4.99 Å². The van der Waals surface area contributed by atoms with Crippen LogP contribution in [0.3, 0.4) is 0 Å². The fourth-order valence-electron chi connectivity index (χ4n) is 3.96. The summed E-state index contributed by atoms with van der Waals surface area (Å²) in [7, 11) is 0. The first-order valence-electron chi connectivity index (χ1n) is 10.9. The molecule has 0 heterocycles. The zero-order valence-corrected chi connectivity index (χ0v) is 18.7. The molecule has 2 aromatic rings. The molecule has 1 aliphatic rings. The fourth-order valence-corrected chi connectivity index (χ4v) is 4.38. The van der Waals surface area contributed by atoms with E-state index in [1.54, 1.807) is 18.4 Å². The number of nitrogens with zero attached hydrogens (tertiary/aromatic N) is 1. The number of rotatable bonds is 10. The Morgan fingerprint density at radius 2 is 1.87 bits per heavy atom. The van der Waals surface area contributed by atoms with Gasteiger partial charge in [0.25, 0.3) is 0 Å². The highest BCUT2D eigenvalue weighted by Crippen LogP contribution is 2.29. The Morgan fingerprint density at radius 3 is 2.55 bits per heavy atom. The summed E-state index contributed by atoms with van der Waals surface area (Å²) >= 11 is 5.97. The molecule has 160 valence electrons. The number of allylic oxidation sites excluding steroid dienone is 2. The highest BCUT2D eigenvalue weighted by atomic mass is 32.1. The van der Waals surface area contributed by atoms with E-state index in [2.05, 4.69) is 36.2 Å². The second-order valence-electron chi connectivity index (χ2n) is 7.87. The number of hydrogen-bond acceptors (Lipinski definition) is 3. The summed E-state index contributed by atoms with van der Waals surface area (Å²) < 4.78 is 0. The summed E-state index contributed by atoms with van der Waals surface area (Å²) in [6.45, 7) is 2.17. The lowest BCUT2D eigenvalue weighted by molar-refractivity contribution is -0.141. The largest absolute Gasteiger partial charge is 0.479 e. The Bertz CT molecular complexity index is 993. The average molecular weight is 432 g/mol. The van der Waals surface area contributed by atoms with Gasteiger partial charge in [-0.1, -0.05) is 98.4 Å². The average Bonchev–Trinajstić information content (AvgIpc) is 2.81. The van der Waals surface area contributed by atoms with Gasteiger partial charge in [0, 0.05) is 17.5 Å². The lowest BCUT2D eigenvalue weighted by Crippen LogP contribution is -2.35. The topological polar surface area (TPSA) is 49.7 Å². The summed E-state index contributed by atoms with van der Waals surface area (Å²) in [6, 6.07) is 18.7. The lowest BCUT2D eigenvalue weighted by Gasteiger charge is -2.22. The maximum Gasteiger partial charge on any atom is 0.335 e. The first kappa shape index (κ1) is 22.8. The molecule has 0 radical (unpaired) electrons. The van der Waals surface area contributed by atoms with Crippen molar-refractivity contribution < 1.29 is 9.90 Å². The van der Waals surface area contributed by atoms with Crippen molar-refractivity contribution in [2.75, 3.05) is 0 Å². The fraction of sp³-hybridized carbons (Fsp3) is 0.296. The smallest absolute Gasteiger partial charge is 0.335 e. The number of aliphatic imine (C=N–C) groups is 1. The summed E-state index contributed by atoms with van der Waals surface area (Å²) in [6.07, 6.45) is 12.9. The molecular formula is C27H29NO2S. The van der Waals surface area contributed by atoms with Crippen molar-refractivity contribution >= 4 is 29.3 Å². The number of carbonyl (C=O) groups is 1. The van der Waals surface area contributed by atoms with Crippen LogP contribution in [0.5, 0.6) is 0 Å². The third-order valence-corrected chi connectivity index (χ3v) is 6.22. The van der Waals surface area contributed by atoms with E-state index >= 15 is 0 Å². The van der Waals surface area contributed by atoms with Crippen LogP contribution in [0.15, 0.2) is 83.9 Å². The molecule has 31 heavy (non-hydrogen) atoms. The van der Waals surface area contributed by atoms with E-state index in [9.17, 15) is 9.90 Å². The van der Waals surface area contributed by atoms with Gasteiger partial charge in [-0.2, -0.15) is 0 Å². The van der Waals surface area contributed by atoms with Crippen molar-refractivity contribution in [3.63, 3.8) is 0 Å². The van der Waals surface area contributed by atoms with Crippen LogP contribution in [0.25, 0.3) is 11.1 Å². The van der Waals surface area contributed by atoms with Gasteiger partial charge >= 0.3 is 5.97 Å². The van der Waals surface area contributed by atoms with Crippen molar-refractivity contribution in [1.29, 1.82) is 0 Å². The molecule has 0 saturated carbocycles. The third kappa shape index (κ3) is 5.65. The van der Waals surface area contributed by atoms with Gasteiger partial charge in [-0.25, -0.2) is 4.79 Å². The SMILES string of the molecule is CCCC(CCC=NC1(C(=O)O)C=CC=CC1)C(=S)c1ccccc1-c1ccccc1. The summed E-state index contributed by atoms with van der Waals surface area (Å²) in [5.74, 6) is -0.666. The van der Waals surface area contributed by atoms with Crippen molar-refractivity contribution in [1.82, 2.24) is 0 Å². The van der Waals surface area contributed by atoms with Crippen LogP contribution < -0.4 is 0 Å². The van der Waals surface area contributed by atoms with E-state index in [0.717, 1.165) is 40.8 Å². The predicted molar refractivity (Wildman–Crippen MR) is 133 cm³/mol. The minimum Gasteiger partial charge on any atom is -0.479 e. The molecule has 1 aliphatic carbocycles. The standard InChI is InChI=1S/C27H29NO2S/c1-2-12-22(15-11-20-28-27(26(29)30)18-9-4-10-19-27)25(31)24-17-8-7-16-23(24)21-13-5-3-6-14-21/h3-10,13-14,16-18,20,22H,2,11-12,15,19H2,1H3,(H,29,30). The first-order chi connectivity index (χ1) is 15.1. The Hall–Kier alpha value is -2.85. The van der Waals surface area contributed by atoms with Gasteiger partial charge in [0.05, 0.1) is 0 Å². The molecule has 0 fully saturated rings. The molecule has 4 heteroatoms. The van der Waals surface area contributed by atoms with Gasteiger partial charge in [-0.15, -0.1) is 0 Å². The zero-order valence-electron chi connectivity index (χ0n) is 17.9. The summed E-state index contributed by atoms with van der Waals surface area (Å²) in [5.41, 5.74) is 2.26. The molecule has 2 unspecified atom stereocenters. The maximum absolute atomic E-state index is 11.8. The molecule has 0 aromatic heterocycles. The second-order valence-corrected chi connectivity index (χ2v) is 8.31. The molecule has 0 aliphatic heterocycles. The highest BCUT2D eigenvalue weighted by Gasteiger charge is 2.34. The van der Waals surface area contributed by atoms with Crippen molar-refractivity contribution in [3.8, 4) is 11.1 Å². The van der Waals surface area contributed by atoms with E-state index < -0.39 is 11.5 Å². The Balaban J connectivity index is 1.74. The summed E-state index contributed by atoms with van der Waals surface area (Å²) in [4.78, 5) is 17.2. The van der Waals surface area contributed by atoms with Gasteiger partial charge in [-0.05, 0) is 47.9 Å². The monoisotopic (exact) mass is 431 g/mol. The molecule has 0 spiro atoms. The minimum absolute atomic E-state index is 0.249. The maximum atomic E-state index is 11.8. The van der Waals surface area contributed by atoms with E-state index in [-0.39, 0.29) is 5.92 Å². The van der Waals surface area contributed by atoms with Crippen LogP contribution in [0, 0.1) is 5.92 Å². The normalized spacial score (nSPS) is 18.9. The molecule has 3 rings (SSSR count). The number of carboxylic acid groups (broad SMARTS) is 1. The van der Waals surface area contributed by atoms with Gasteiger partial charge in [0.15, 0.2) is 5.54 Å². The van der Waals surface area contributed by atoms with Crippen molar-refractivity contribution in [3.05, 3.63) is 84.5 Å². The molecular weight excluding hydrogens is 402 g/mol. The molecule has 1 N–H and O–H groups in total. The molecule has 3 nitrogen and oxygen atoms in total. The van der Waals surface area contributed by atoms with Crippen molar-refractivity contribution in [2.24, 2.45) is 10.9 Å². The number of aliphatic carboxylic acids is 1. The lowest BCUT2D eigenvalue weighted by atomic mass is 9.87. The number of carboxylic acids is 1. The van der Waals surface area contributed by atoms with Crippen LogP contribution in [-0.2, 0) is 4.79 Å². The predicted octanol–water partition coefficient (Wildman–Crippen LogP) is 6.68. The minimum atomic E-state index is -1.17. The zero-order chi connectivity index (χ0) is 22.1. The van der Waals surface area contributed by atoms with E-state index in [1.807, 2.05) is 42.5 Å². The second kappa shape index (κ2) is 11.0. The number of benzene rings is 2. The molecule has 0 bridgehead atoms. The van der Waals surface area contributed by atoms with Crippen LogP contribution >= 0.6 is 12.2 Å². The highest BCUT2D eigenvalue weighted by molar-refractivity contribution is 7.80. The molecule has 0 saturated heterocycles. The van der Waals surface area contributed by atoms with E-state index in [4.69, 9.17) is 12.2 Å². The Kier molecular flexibility index (Phi) is 8.07. The van der Waals surface area contributed by atoms with Crippen LogP contribution in [-0.4, -0.2) is 27.7 Å². The van der Waals surface area contributed by atoms with Gasteiger partial charge in [0.1, 0.15) is 0 Å². The molecule has 2 atom stereocenters. The van der Waals surface area contributed by atoms with E-state index in [0.29, 0.717) is 12.8 Å². The number of hydrogen-bond donors (Lipinski definition) is 1. The van der Waals surface area contributed by atoms with Crippen LogP contribution in [0.4, 0.5) is 0 Å². The van der Waals surface area contributed by atoms with E-state index in [1.165, 1.54) is 0 Å². The Morgan fingerprint density at radius 1 is 1.13 bits per heavy atom. The quantitative estimate of drug-likeness (QED) is 0.259. The first-order valence-corrected chi connectivity index (χ1v) is 11.3. The van der Waals surface area contributed by atoms with Crippen LogP contribution in [0.2, 0.25) is 0 Å².